The maximum absolute atomic E-state index is 11.8. The Kier molecular flexibility index (Phi) is 6.40. The summed E-state index contributed by atoms with van der Waals surface area (Å²) in [6.45, 7) is 9.69. The third kappa shape index (κ3) is 4.78. The minimum Gasteiger partial charge on any atom is -0.399 e. The van der Waals surface area contributed by atoms with E-state index in [0.717, 1.165) is 42.3 Å². The summed E-state index contributed by atoms with van der Waals surface area (Å²) in [6, 6.07) is 0. The predicted octanol–water partition coefficient (Wildman–Crippen LogP) is 2.35. The summed E-state index contributed by atoms with van der Waals surface area (Å²) < 4.78 is 12.1. The summed E-state index contributed by atoms with van der Waals surface area (Å²) in [7, 11) is -0.442. The first-order chi connectivity index (χ1) is 12.7. The summed E-state index contributed by atoms with van der Waals surface area (Å²) >= 11 is 7.30. The molecule has 0 spiro atoms. The third-order valence-electron chi connectivity index (χ3n) is 5.61. The van der Waals surface area contributed by atoms with Crippen molar-refractivity contribution in [1.29, 1.82) is 0 Å². The van der Waals surface area contributed by atoms with Crippen LogP contribution in [0.2, 0.25) is 0 Å². The van der Waals surface area contributed by atoms with E-state index in [4.69, 9.17) is 20.9 Å². The van der Waals surface area contributed by atoms with Gasteiger partial charge < -0.3 is 14.2 Å². The van der Waals surface area contributed by atoms with E-state index in [-0.39, 0.29) is 23.0 Å². The molecule has 0 aromatic carbocycles. The number of rotatable bonds is 5. The van der Waals surface area contributed by atoms with Gasteiger partial charge in [-0.15, -0.1) is 11.6 Å². The molecule has 9 heteroatoms. The van der Waals surface area contributed by atoms with Gasteiger partial charge in [0.25, 0.3) is 0 Å². The van der Waals surface area contributed by atoms with Gasteiger partial charge in [-0.05, 0) is 46.5 Å². The minimum absolute atomic E-state index is 0.0226. The molecule has 0 saturated carbocycles. The van der Waals surface area contributed by atoms with Gasteiger partial charge in [0.15, 0.2) is 5.16 Å². The molecule has 1 aromatic heterocycles. The number of likely N-dealkylation sites (tertiary alicyclic amines) is 1. The number of halogens is 1. The molecule has 2 aliphatic heterocycles. The fourth-order valence-corrected chi connectivity index (χ4v) is 4.29. The molecule has 0 N–H and O–H groups in total. The third-order valence-corrected chi connectivity index (χ3v) is 6.94. The van der Waals surface area contributed by atoms with Crippen molar-refractivity contribution < 1.29 is 14.1 Å². The monoisotopic (exact) mass is 411 g/mol. The van der Waals surface area contributed by atoms with Crippen LogP contribution in [0, 0.1) is 5.92 Å². The van der Waals surface area contributed by atoms with Gasteiger partial charge in [-0.25, -0.2) is 9.97 Å². The minimum atomic E-state index is -0.442. The normalized spacial score (nSPS) is 24.3. The first-order valence-electron chi connectivity index (χ1n) is 9.36. The van der Waals surface area contributed by atoms with Crippen molar-refractivity contribution in [1.82, 2.24) is 14.9 Å². The van der Waals surface area contributed by atoms with E-state index in [9.17, 15) is 4.79 Å². The molecule has 148 valence electrons. The summed E-state index contributed by atoms with van der Waals surface area (Å²) in [6.07, 6.45) is 5.70. The number of aromatic nitrogens is 2. The summed E-state index contributed by atoms with van der Waals surface area (Å²) in [5.41, 5.74) is 0.0751. The van der Waals surface area contributed by atoms with E-state index in [2.05, 4.69) is 9.97 Å². The lowest BCUT2D eigenvalue weighted by Crippen LogP contribution is -2.41. The molecule has 2 fully saturated rings. The van der Waals surface area contributed by atoms with Crippen LogP contribution < -0.4 is 5.46 Å². The molecule has 0 radical (unpaired) electrons. The molecule has 1 aromatic rings. The predicted molar refractivity (Wildman–Crippen MR) is 108 cm³/mol. The van der Waals surface area contributed by atoms with Crippen LogP contribution in [0.5, 0.6) is 0 Å². The number of hydrogen-bond donors (Lipinski definition) is 0. The molecule has 0 unspecified atom stereocenters. The van der Waals surface area contributed by atoms with Crippen molar-refractivity contribution >= 4 is 41.9 Å². The molecule has 2 saturated heterocycles. The average Bonchev–Trinajstić information content (AvgIpc) is 2.87. The Hall–Kier alpha value is -0.825. The number of hydrogen-bond acceptors (Lipinski definition) is 6. The fraction of sp³-hybridized carbons (Fsp3) is 0.722. The summed E-state index contributed by atoms with van der Waals surface area (Å²) in [5.74, 6) is 1.42. The van der Waals surface area contributed by atoms with Crippen molar-refractivity contribution in [2.24, 2.45) is 5.92 Å². The highest BCUT2D eigenvalue weighted by molar-refractivity contribution is 7.99. The smallest absolute Gasteiger partial charge is 0.399 e. The molecule has 1 atom stereocenters. The molecular weight excluding hydrogens is 385 g/mol. The standard InChI is InChI=1S/C18H27BClN3O3S/c1-17(2)18(3,4)26-19(25-17)14-9-21-16(22-10-14)27-12-13-6-5-7-23(11-13)15(24)8-20/h9-10,13H,5-8,11-12H2,1-4H3/t13-/m0/s1. The van der Waals surface area contributed by atoms with Crippen molar-refractivity contribution in [3.05, 3.63) is 12.4 Å². The van der Waals surface area contributed by atoms with E-state index in [1.165, 1.54) is 0 Å². The van der Waals surface area contributed by atoms with Gasteiger partial charge in [0.1, 0.15) is 5.88 Å². The number of nitrogens with zero attached hydrogens (tertiary/aromatic N) is 3. The van der Waals surface area contributed by atoms with Crippen LogP contribution in [0.4, 0.5) is 0 Å². The molecule has 0 aliphatic carbocycles. The first-order valence-corrected chi connectivity index (χ1v) is 10.9. The zero-order chi connectivity index (χ0) is 19.7. The highest BCUT2D eigenvalue weighted by atomic mass is 35.5. The van der Waals surface area contributed by atoms with Crippen LogP contribution in [-0.4, -0.2) is 63.8 Å². The Morgan fingerprint density at radius 1 is 1.30 bits per heavy atom. The van der Waals surface area contributed by atoms with Gasteiger partial charge in [0.2, 0.25) is 5.91 Å². The van der Waals surface area contributed by atoms with E-state index in [1.54, 1.807) is 24.2 Å². The second kappa shape index (κ2) is 8.27. The number of carbonyl (C=O) groups excluding carboxylic acids is 1. The number of alkyl halides is 1. The highest BCUT2D eigenvalue weighted by Gasteiger charge is 2.51. The summed E-state index contributed by atoms with van der Waals surface area (Å²) in [4.78, 5) is 22.6. The van der Waals surface area contributed by atoms with Crippen LogP contribution >= 0.6 is 23.4 Å². The molecule has 3 heterocycles. The Bertz CT molecular complexity index is 658. The number of amides is 1. The van der Waals surface area contributed by atoms with Gasteiger partial charge in [-0.3, -0.25) is 4.79 Å². The molecule has 0 bridgehead atoms. The number of piperidine rings is 1. The molecule has 6 nitrogen and oxygen atoms in total. The van der Waals surface area contributed by atoms with Crippen LogP contribution in [0.1, 0.15) is 40.5 Å². The molecule has 27 heavy (non-hydrogen) atoms. The lowest BCUT2D eigenvalue weighted by Gasteiger charge is -2.32. The lowest BCUT2D eigenvalue weighted by molar-refractivity contribution is -0.130. The largest absolute Gasteiger partial charge is 0.498 e. The second-order valence-electron chi connectivity index (χ2n) is 8.18. The number of carbonyl (C=O) groups is 1. The summed E-state index contributed by atoms with van der Waals surface area (Å²) in [5, 5.41) is 0.732. The van der Waals surface area contributed by atoms with Crippen molar-refractivity contribution in [3.8, 4) is 0 Å². The van der Waals surface area contributed by atoms with Crippen LogP contribution in [0.25, 0.3) is 0 Å². The lowest BCUT2D eigenvalue weighted by atomic mass is 9.81. The van der Waals surface area contributed by atoms with E-state index >= 15 is 0 Å². The van der Waals surface area contributed by atoms with Gasteiger partial charge >= 0.3 is 7.12 Å². The maximum atomic E-state index is 11.8. The van der Waals surface area contributed by atoms with Gasteiger partial charge in [0.05, 0.1) is 11.2 Å². The first kappa shape index (κ1) is 20.9. The van der Waals surface area contributed by atoms with Gasteiger partial charge in [-0.1, -0.05) is 11.8 Å². The van der Waals surface area contributed by atoms with E-state index in [1.807, 2.05) is 32.6 Å². The zero-order valence-corrected chi connectivity index (χ0v) is 18.0. The Balaban J connectivity index is 1.53. The maximum Gasteiger partial charge on any atom is 0.498 e. The Morgan fingerprint density at radius 2 is 1.93 bits per heavy atom. The second-order valence-corrected chi connectivity index (χ2v) is 9.43. The SMILES string of the molecule is CC1(C)OB(c2cnc(SC[C@H]3CCCN(C(=O)CCl)C3)nc2)OC1(C)C. The molecule has 3 rings (SSSR count). The molecular formula is C18H27BClN3O3S. The Morgan fingerprint density at radius 3 is 2.52 bits per heavy atom. The average molecular weight is 412 g/mol. The topological polar surface area (TPSA) is 64.5 Å². The number of thioether (sulfide) groups is 1. The van der Waals surface area contributed by atoms with E-state index < -0.39 is 7.12 Å². The van der Waals surface area contributed by atoms with Crippen molar-refractivity contribution in [2.75, 3.05) is 24.7 Å². The Labute approximate surface area is 170 Å². The van der Waals surface area contributed by atoms with Crippen molar-refractivity contribution in [3.63, 3.8) is 0 Å². The quantitative estimate of drug-likeness (QED) is 0.321. The highest BCUT2D eigenvalue weighted by Crippen LogP contribution is 2.36. The fourth-order valence-electron chi connectivity index (χ4n) is 3.21. The van der Waals surface area contributed by atoms with Crippen LogP contribution in [0.15, 0.2) is 17.6 Å². The van der Waals surface area contributed by atoms with Crippen LogP contribution in [0.3, 0.4) is 0 Å². The van der Waals surface area contributed by atoms with E-state index in [0.29, 0.717) is 5.92 Å². The van der Waals surface area contributed by atoms with Crippen LogP contribution in [-0.2, 0) is 14.1 Å². The zero-order valence-electron chi connectivity index (χ0n) is 16.4. The van der Waals surface area contributed by atoms with Gasteiger partial charge in [-0.2, -0.15) is 0 Å². The molecule has 2 aliphatic rings. The van der Waals surface area contributed by atoms with Gasteiger partial charge in [0, 0.05) is 36.7 Å². The molecule has 1 amide bonds. The van der Waals surface area contributed by atoms with Crippen molar-refractivity contribution in [2.45, 2.75) is 56.9 Å².